The first kappa shape index (κ1) is 17.4. The Labute approximate surface area is 151 Å². The molecule has 1 heterocycles. The fraction of sp³-hybridized carbons (Fsp3) is 0.150. The van der Waals surface area contributed by atoms with E-state index in [0.717, 1.165) is 17.8 Å². The number of hydrogen-bond acceptors (Lipinski definition) is 3. The molecule has 0 saturated carbocycles. The van der Waals surface area contributed by atoms with Gasteiger partial charge in [0.2, 0.25) is 0 Å². The molecular weight excluding hydrogens is 330 g/mol. The Balaban J connectivity index is 2.03. The lowest BCUT2D eigenvalue weighted by molar-refractivity contribution is -0.384. The van der Waals surface area contributed by atoms with Crippen molar-refractivity contribution in [2.75, 3.05) is 0 Å². The topological polar surface area (TPSA) is 91.2 Å². The molecule has 0 aliphatic carbocycles. The summed E-state index contributed by atoms with van der Waals surface area (Å²) in [6.07, 6.45) is 0.774. The van der Waals surface area contributed by atoms with Crippen molar-refractivity contribution < 1.29 is 9.72 Å². The highest BCUT2D eigenvalue weighted by Crippen LogP contribution is 2.28. The van der Waals surface area contributed by atoms with Gasteiger partial charge in [-0.2, -0.15) is 0 Å². The van der Waals surface area contributed by atoms with Crippen LogP contribution in [-0.4, -0.2) is 15.4 Å². The monoisotopic (exact) mass is 349 g/mol. The third-order valence-corrected chi connectivity index (χ3v) is 4.45. The van der Waals surface area contributed by atoms with Gasteiger partial charge < -0.3 is 10.3 Å². The molecule has 2 aromatic carbocycles. The predicted molar refractivity (Wildman–Crippen MR) is 99.9 cm³/mol. The average Bonchev–Trinajstić information content (AvgIpc) is 2.97. The van der Waals surface area contributed by atoms with Gasteiger partial charge in [-0.05, 0) is 25.0 Å². The molecule has 3 aromatic rings. The number of nitro benzene ring substituents is 1. The minimum atomic E-state index is -0.507. The number of nitrogens with two attached hydrogens (primary N) is 1. The van der Waals surface area contributed by atoms with Crippen molar-refractivity contribution in [3.8, 4) is 11.3 Å². The van der Waals surface area contributed by atoms with Crippen LogP contribution in [0.25, 0.3) is 11.3 Å². The van der Waals surface area contributed by atoms with E-state index in [4.69, 9.17) is 5.73 Å². The number of aryl methyl sites for hydroxylation is 1. The number of nitrogens with zero attached hydrogens (tertiary/aromatic N) is 2. The molecule has 0 aliphatic heterocycles. The molecule has 0 bridgehead atoms. The van der Waals surface area contributed by atoms with Gasteiger partial charge in [0.25, 0.3) is 11.6 Å². The van der Waals surface area contributed by atoms with Gasteiger partial charge in [0.05, 0.1) is 10.5 Å². The van der Waals surface area contributed by atoms with Crippen molar-refractivity contribution in [3.05, 3.63) is 87.6 Å². The number of rotatable bonds is 6. The number of nitro groups is 1. The summed E-state index contributed by atoms with van der Waals surface area (Å²) in [5.41, 5.74) is 9.30. The predicted octanol–water partition coefficient (Wildman–Crippen LogP) is 3.71. The molecule has 1 aromatic heterocycles. The molecule has 0 aliphatic rings. The zero-order valence-electron chi connectivity index (χ0n) is 14.4. The van der Waals surface area contributed by atoms with Crippen molar-refractivity contribution in [2.24, 2.45) is 5.73 Å². The molecule has 0 atom stereocenters. The first-order valence-electron chi connectivity index (χ1n) is 8.26. The van der Waals surface area contributed by atoms with Crippen LogP contribution in [-0.2, 0) is 13.0 Å². The standard InChI is InChI=1S/C20H19N3O3/c1-14-18(20(21)24)13-19(16-8-5-9-17(12-16)23(25)26)22(14)11-10-15-6-3-2-4-7-15/h2-9,12-13H,10-11H2,1H3,(H2,21,24). The van der Waals surface area contributed by atoms with Crippen LogP contribution >= 0.6 is 0 Å². The Bertz CT molecular complexity index is 962. The molecule has 0 radical (unpaired) electrons. The normalized spacial score (nSPS) is 10.7. The van der Waals surface area contributed by atoms with Crippen LogP contribution in [0.3, 0.4) is 0 Å². The van der Waals surface area contributed by atoms with Crippen LogP contribution in [0.2, 0.25) is 0 Å². The van der Waals surface area contributed by atoms with Crippen LogP contribution in [0.1, 0.15) is 21.6 Å². The van der Waals surface area contributed by atoms with E-state index in [1.54, 1.807) is 18.2 Å². The summed E-state index contributed by atoms with van der Waals surface area (Å²) in [5, 5.41) is 11.1. The number of amides is 1. The van der Waals surface area contributed by atoms with Crippen LogP contribution in [0.5, 0.6) is 0 Å². The van der Waals surface area contributed by atoms with Gasteiger partial charge >= 0.3 is 0 Å². The molecule has 0 spiro atoms. The summed E-state index contributed by atoms with van der Waals surface area (Å²) in [7, 11) is 0. The number of benzene rings is 2. The second kappa shape index (κ2) is 7.23. The molecule has 132 valence electrons. The maximum atomic E-state index is 11.8. The highest BCUT2D eigenvalue weighted by molar-refractivity contribution is 5.95. The third-order valence-electron chi connectivity index (χ3n) is 4.45. The van der Waals surface area contributed by atoms with Gasteiger partial charge in [-0.25, -0.2) is 0 Å². The van der Waals surface area contributed by atoms with Crippen LogP contribution < -0.4 is 5.73 Å². The SMILES string of the molecule is Cc1c(C(N)=O)cc(-c2cccc([N+](=O)[O-])c2)n1CCc1ccccc1. The first-order chi connectivity index (χ1) is 12.5. The van der Waals surface area contributed by atoms with E-state index in [2.05, 4.69) is 0 Å². The molecule has 1 amide bonds. The molecule has 2 N–H and O–H groups in total. The van der Waals surface area contributed by atoms with Gasteiger partial charge in [0, 0.05) is 35.6 Å². The third kappa shape index (κ3) is 3.49. The fourth-order valence-electron chi connectivity index (χ4n) is 3.09. The van der Waals surface area contributed by atoms with Crippen molar-refractivity contribution in [1.29, 1.82) is 0 Å². The van der Waals surface area contributed by atoms with Gasteiger partial charge in [0.1, 0.15) is 0 Å². The highest BCUT2D eigenvalue weighted by atomic mass is 16.6. The molecule has 3 rings (SSSR count). The summed E-state index contributed by atoms with van der Waals surface area (Å²) < 4.78 is 1.99. The molecule has 0 fully saturated rings. The number of carbonyl (C=O) groups excluding carboxylic acids is 1. The van der Waals surface area contributed by atoms with E-state index in [9.17, 15) is 14.9 Å². The lowest BCUT2D eigenvalue weighted by atomic mass is 10.1. The second-order valence-electron chi connectivity index (χ2n) is 6.09. The summed E-state index contributed by atoms with van der Waals surface area (Å²) >= 11 is 0. The van der Waals surface area contributed by atoms with Gasteiger partial charge in [-0.3, -0.25) is 14.9 Å². The van der Waals surface area contributed by atoms with Gasteiger partial charge in [0.15, 0.2) is 0 Å². The Morgan fingerprint density at radius 3 is 2.50 bits per heavy atom. The van der Waals surface area contributed by atoms with Crippen LogP contribution in [0.15, 0.2) is 60.7 Å². The Morgan fingerprint density at radius 2 is 1.85 bits per heavy atom. The fourth-order valence-corrected chi connectivity index (χ4v) is 3.09. The van der Waals surface area contributed by atoms with Crippen molar-refractivity contribution in [1.82, 2.24) is 4.57 Å². The molecule has 0 unspecified atom stereocenters. The number of aromatic nitrogens is 1. The molecule has 26 heavy (non-hydrogen) atoms. The van der Waals surface area contributed by atoms with Gasteiger partial charge in [-0.1, -0.05) is 42.5 Å². The smallest absolute Gasteiger partial charge is 0.270 e. The van der Waals surface area contributed by atoms with E-state index in [1.165, 1.54) is 17.7 Å². The summed E-state index contributed by atoms with van der Waals surface area (Å²) in [6, 6.07) is 18.1. The Kier molecular flexibility index (Phi) is 4.84. The number of non-ortho nitro benzene ring substituents is 1. The molecule has 0 saturated heterocycles. The highest BCUT2D eigenvalue weighted by Gasteiger charge is 2.18. The van der Waals surface area contributed by atoms with Crippen LogP contribution in [0, 0.1) is 17.0 Å². The van der Waals surface area contributed by atoms with E-state index in [0.29, 0.717) is 17.7 Å². The van der Waals surface area contributed by atoms with Crippen LogP contribution in [0.4, 0.5) is 5.69 Å². The van der Waals surface area contributed by atoms with Gasteiger partial charge in [-0.15, -0.1) is 0 Å². The lowest BCUT2D eigenvalue weighted by Gasteiger charge is -2.12. The van der Waals surface area contributed by atoms with E-state index < -0.39 is 10.8 Å². The summed E-state index contributed by atoms with van der Waals surface area (Å²) in [4.78, 5) is 22.4. The lowest BCUT2D eigenvalue weighted by Crippen LogP contribution is -2.13. The minimum absolute atomic E-state index is 0.0107. The first-order valence-corrected chi connectivity index (χ1v) is 8.26. The summed E-state index contributed by atoms with van der Waals surface area (Å²) in [5.74, 6) is -0.507. The average molecular weight is 349 g/mol. The Morgan fingerprint density at radius 1 is 1.12 bits per heavy atom. The number of carbonyl (C=O) groups is 1. The zero-order valence-corrected chi connectivity index (χ0v) is 14.4. The molecule has 6 nitrogen and oxygen atoms in total. The maximum Gasteiger partial charge on any atom is 0.270 e. The summed E-state index contributed by atoms with van der Waals surface area (Å²) in [6.45, 7) is 2.48. The maximum absolute atomic E-state index is 11.8. The zero-order chi connectivity index (χ0) is 18.7. The minimum Gasteiger partial charge on any atom is -0.366 e. The molecular formula is C20H19N3O3. The van der Waals surface area contributed by atoms with Crippen molar-refractivity contribution in [2.45, 2.75) is 19.9 Å². The molecule has 6 heteroatoms. The largest absolute Gasteiger partial charge is 0.366 e. The van der Waals surface area contributed by atoms with Crippen molar-refractivity contribution in [3.63, 3.8) is 0 Å². The van der Waals surface area contributed by atoms with E-state index in [-0.39, 0.29) is 5.69 Å². The van der Waals surface area contributed by atoms with E-state index in [1.807, 2.05) is 41.8 Å². The number of primary amides is 1. The van der Waals surface area contributed by atoms with Crippen molar-refractivity contribution >= 4 is 11.6 Å². The Hall–Kier alpha value is -3.41. The van der Waals surface area contributed by atoms with E-state index >= 15 is 0 Å². The second-order valence-corrected chi connectivity index (χ2v) is 6.09. The quantitative estimate of drug-likeness (QED) is 0.543. The number of hydrogen-bond donors (Lipinski definition) is 1.